The smallest absolute Gasteiger partial charge is 0.135 e. The Labute approximate surface area is 129 Å². The minimum absolute atomic E-state index is 0.159. The number of aryl methyl sites for hydroxylation is 1. The normalized spacial score (nSPS) is 16.5. The summed E-state index contributed by atoms with van der Waals surface area (Å²) < 4.78 is 1.93. The Hall–Kier alpha value is -1.55. The van der Waals surface area contributed by atoms with Crippen LogP contribution < -0.4 is 0 Å². The van der Waals surface area contributed by atoms with Crippen LogP contribution in [-0.2, 0) is 16.6 Å². The molecule has 1 fully saturated rings. The number of aromatic nitrogens is 2. The molecule has 21 heavy (non-hydrogen) atoms. The van der Waals surface area contributed by atoms with Gasteiger partial charge >= 0.3 is 0 Å². The van der Waals surface area contributed by atoms with Crippen molar-refractivity contribution in [2.45, 2.75) is 32.6 Å². The van der Waals surface area contributed by atoms with E-state index in [0.717, 1.165) is 28.6 Å². The number of hydrogen-bond donors (Lipinski definition) is 0. The molecule has 2 heterocycles. The highest BCUT2D eigenvalue weighted by Gasteiger charge is 2.37. The maximum absolute atomic E-state index is 11.5. The van der Waals surface area contributed by atoms with Crippen LogP contribution in [0.15, 0.2) is 30.3 Å². The monoisotopic (exact) mass is 300 g/mol. The zero-order valence-corrected chi connectivity index (χ0v) is 13.5. The number of hydrogen-bond acceptors (Lipinski definition) is 3. The first kappa shape index (κ1) is 14.4. The van der Waals surface area contributed by atoms with Gasteiger partial charge in [0.05, 0.1) is 17.1 Å². The second kappa shape index (κ2) is 5.34. The van der Waals surface area contributed by atoms with Crippen molar-refractivity contribution in [1.29, 1.82) is 0 Å². The van der Waals surface area contributed by atoms with Gasteiger partial charge in [0.25, 0.3) is 0 Å². The average Bonchev–Trinajstić information content (AvgIpc) is 2.80. The van der Waals surface area contributed by atoms with Gasteiger partial charge in [0.1, 0.15) is 5.78 Å². The Morgan fingerprint density at radius 1 is 1.33 bits per heavy atom. The first-order chi connectivity index (χ1) is 9.98. The van der Waals surface area contributed by atoms with Crippen molar-refractivity contribution in [2.75, 3.05) is 11.5 Å². The number of benzene rings is 1. The third kappa shape index (κ3) is 2.77. The van der Waals surface area contributed by atoms with E-state index in [9.17, 15) is 4.79 Å². The van der Waals surface area contributed by atoms with Crippen molar-refractivity contribution < 1.29 is 4.79 Å². The van der Waals surface area contributed by atoms with Crippen molar-refractivity contribution in [1.82, 2.24) is 9.78 Å². The summed E-state index contributed by atoms with van der Waals surface area (Å²) in [7, 11) is 0. The first-order valence-electron chi connectivity index (χ1n) is 7.22. The van der Waals surface area contributed by atoms with Crippen LogP contribution in [0.5, 0.6) is 0 Å². The maximum Gasteiger partial charge on any atom is 0.135 e. The van der Waals surface area contributed by atoms with Gasteiger partial charge in [-0.25, -0.2) is 4.68 Å². The molecule has 3 rings (SSSR count). The molecule has 0 saturated carbocycles. The van der Waals surface area contributed by atoms with E-state index in [-0.39, 0.29) is 11.2 Å². The Kier molecular flexibility index (Phi) is 3.66. The highest BCUT2D eigenvalue weighted by atomic mass is 32.2. The van der Waals surface area contributed by atoms with Crippen molar-refractivity contribution in [3.8, 4) is 5.69 Å². The second-order valence-electron chi connectivity index (χ2n) is 6.20. The number of Topliss-reactive ketones (excluding diaryl/α,β-unsaturated/α-hetero) is 1. The molecule has 0 bridgehead atoms. The molecule has 1 aromatic carbocycles. The molecular formula is C17H20N2OS. The predicted molar refractivity (Wildman–Crippen MR) is 87.4 cm³/mol. The molecule has 2 aromatic rings. The molecule has 1 saturated heterocycles. The van der Waals surface area contributed by atoms with Gasteiger partial charge in [-0.1, -0.05) is 24.6 Å². The van der Waals surface area contributed by atoms with E-state index in [2.05, 4.69) is 44.2 Å². The van der Waals surface area contributed by atoms with E-state index in [1.165, 1.54) is 5.56 Å². The minimum atomic E-state index is 0.159. The summed E-state index contributed by atoms with van der Waals surface area (Å²) in [5.41, 5.74) is 4.50. The number of carbonyl (C=O) groups excluding carboxylic acids is 1. The van der Waals surface area contributed by atoms with E-state index in [1.807, 2.05) is 16.4 Å². The van der Waals surface area contributed by atoms with Crippen LogP contribution in [0.4, 0.5) is 0 Å². The summed E-state index contributed by atoms with van der Waals surface area (Å²) in [6, 6.07) is 10.4. The number of ketones is 1. The van der Waals surface area contributed by atoms with Crippen molar-refractivity contribution >= 4 is 17.5 Å². The molecule has 4 heteroatoms. The van der Waals surface area contributed by atoms with E-state index in [0.29, 0.717) is 6.42 Å². The van der Waals surface area contributed by atoms with Gasteiger partial charge in [-0.15, -0.1) is 0 Å². The van der Waals surface area contributed by atoms with E-state index >= 15 is 0 Å². The van der Waals surface area contributed by atoms with Crippen LogP contribution in [0.3, 0.4) is 0 Å². The molecule has 0 spiro atoms. The summed E-state index contributed by atoms with van der Waals surface area (Å²) in [4.78, 5) is 11.5. The zero-order valence-electron chi connectivity index (χ0n) is 12.7. The van der Waals surface area contributed by atoms with Crippen LogP contribution in [0.1, 0.15) is 30.8 Å². The molecule has 1 aliphatic heterocycles. The number of thioether (sulfide) groups is 1. The topological polar surface area (TPSA) is 34.9 Å². The summed E-state index contributed by atoms with van der Waals surface area (Å²) in [5.74, 6) is 2.39. The molecular weight excluding hydrogens is 280 g/mol. The fourth-order valence-corrected chi connectivity index (χ4v) is 3.67. The molecule has 3 nitrogen and oxygen atoms in total. The second-order valence-corrected chi connectivity index (χ2v) is 7.19. The summed E-state index contributed by atoms with van der Waals surface area (Å²) in [5, 5.41) is 4.81. The Morgan fingerprint density at radius 3 is 2.52 bits per heavy atom. The standard InChI is InChI=1S/C17H20N2OS/c1-12-4-6-14(7-5-12)19-15(8-13(2)20)9-16(18-19)17(3)10-21-11-17/h4-7,9H,8,10-11H2,1-3H3. The van der Waals surface area contributed by atoms with E-state index in [4.69, 9.17) is 5.10 Å². The lowest BCUT2D eigenvalue weighted by Gasteiger charge is -2.35. The molecule has 0 radical (unpaired) electrons. The lowest BCUT2D eigenvalue weighted by atomic mass is 9.90. The van der Waals surface area contributed by atoms with Crippen LogP contribution in [-0.4, -0.2) is 27.1 Å². The maximum atomic E-state index is 11.5. The highest BCUT2D eigenvalue weighted by molar-refractivity contribution is 8.00. The van der Waals surface area contributed by atoms with Gasteiger partial charge in [0, 0.05) is 23.3 Å². The van der Waals surface area contributed by atoms with Crippen molar-refractivity contribution in [3.05, 3.63) is 47.3 Å². The van der Waals surface area contributed by atoms with Gasteiger partial charge in [-0.05, 0) is 32.0 Å². The molecule has 110 valence electrons. The molecule has 0 amide bonds. The van der Waals surface area contributed by atoms with Crippen LogP contribution in [0, 0.1) is 6.92 Å². The number of rotatable bonds is 4. The van der Waals surface area contributed by atoms with Crippen LogP contribution in [0.25, 0.3) is 5.69 Å². The molecule has 1 aromatic heterocycles. The number of nitrogens with zero attached hydrogens (tertiary/aromatic N) is 2. The largest absolute Gasteiger partial charge is 0.300 e. The third-order valence-corrected chi connectivity index (χ3v) is 5.63. The fourth-order valence-electron chi connectivity index (χ4n) is 2.56. The lowest BCUT2D eigenvalue weighted by molar-refractivity contribution is -0.116. The molecule has 0 N–H and O–H groups in total. The summed E-state index contributed by atoms with van der Waals surface area (Å²) >= 11 is 1.95. The van der Waals surface area contributed by atoms with Gasteiger partial charge in [-0.3, -0.25) is 4.79 Å². The van der Waals surface area contributed by atoms with Gasteiger partial charge in [-0.2, -0.15) is 16.9 Å². The van der Waals surface area contributed by atoms with E-state index in [1.54, 1.807) is 6.92 Å². The number of carbonyl (C=O) groups is 1. The Balaban J connectivity index is 2.04. The predicted octanol–water partition coefficient (Wildman–Crippen LogP) is 3.32. The Bertz CT molecular complexity index is 669. The first-order valence-corrected chi connectivity index (χ1v) is 8.37. The van der Waals surface area contributed by atoms with Gasteiger partial charge in [0.15, 0.2) is 0 Å². The zero-order chi connectivity index (χ0) is 15.0. The van der Waals surface area contributed by atoms with Crippen molar-refractivity contribution in [3.63, 3.8) is 0 Å². The minimum Gasteiger partial charge on any atom is -0.300 e. The van der Waals surface area contributed by atoms with E-state index < -0.39 is 0 Å². The van der Waals surface area contributed by atoms with Gasteiger partial charge in [0.2, 0.25) is 0 Å². The SMILES string of the molecule is CC(=O)Cc1cc(C2(C)CSC2)nn1-c1ccc(C)cc1. The van der Waals surface area contributed by atoms with Crippen molar-refractivity contribution in [2.24, 2.45) is 0 Å². The van der Waals surface area contributed by atoms with Crippen LogP contribution >= 0.6 is 11.8 Å². The summed E-state index contributed by atoms with van der Waals surface area (Å²) in [6.07, 6.45) is 0.435. The fraction of sp³-hybridized carbons (Fsp3) is 0.412. The summed E-state index contributed by atoms with van der Waals surface area (Å²) in [6.45, 7) is 5.96. The average molecular weight is 300 g/mol. The third-order valence-electron chi connectivity index (χ3n) is 3.95. The molecule has 1 aliphatic rings. The highest BCUT2D eigenvalue weighted by Crippen LogP contribution is 2.40. The molecule has 0 unspecified atom stereocenters. The Morgan fingerprint density at radius 2 is 2.00 bits per heavy atom. The quantitative estimate of drug-likeness (QED) is 0.869. The van der Waals surface area contributed by atoms with Crippen LogP contribution in [0.2, 0.25) is 0 Å². The lowest BCUT2D eigenvalue weighted by Crippen LogP contribution is -2.37. The molecule has 0 aliphatic carbocycles. The van der Waals surface area contributed by atoms with Gasteiger partial charge < -0.3 is 0 Å². The molecule has 0 atom stereocenters.